The highest BCUT2D eigenvalue weighted by molar-refractivity contribution is 6.22. The number of benzene rings is 3. The van der Waals surface area contributed by atoms with Crippen LogP contribution < -0.4 is 15.2 Å². The van der Waals surface area contributed by atoms with Crippen molar-refractivity contribution in [2.75, 3.05) is 12.4 Å². The summed E-state index contributed by atoms with van der Waals surface area (Å²) in [6, 6.07) is 16.5. The lowest BCUT2D eigenvalue weighted by molar-refractivity contribution is -0.571. The van der Waals surface area contributed by atoms with Crippen LogP contribution in [0.3, 0.4) is 0 Å². The molecule has 10 heteroatoms. The molecule has 5 rings (SSSR count). The molecular weight excluding hydrogens is 476 g/mol. The molecule has 186 valence electrons. The van der Waals surface area contributed by atoms with Crippen LogP contribution in [0, 0.1) is 6.92 Å². The van der Waals surface area contributed by atoms with Gasteiger partial charge in [0.2, 0.25) is 5.91 Å². The van der Waals surface area contributed by atoms with E-state index in [1.165, 1.54) is 25.5 Å². The van der Waals surface area contributed by atoms with Gasteiger partial charge in [-0.05, 0) is 55.5 Å². The van der Waals surface area contributed by atoms with Gasteiger partial charge < -0.3 is 20.3 Å². The second-order valence-electron chi connectivity index (χ2n) is 8.62. The van der Waals surface area contributed by atoms with Crippen LogP contribution in [-0.4, -0.2) is 44.3 Å². The maximum Gasteiger partial charge on any atom is 0.261 e. The Bertz CT molecular complexity index is 1510. The number of nitrogens with one attached hydrogen (secondary N) is 1. The van der Waals surface area contributed by atoms with E-state index < -0.39 is 23.6 Å². The molecule has 1 aromatic heterocycles. The van der Waals surface area contributed by atoms with Crippen LogP contribution in [-0.2, 0) is 5.91 Å². The van der Waals surface area contributed by atoms with E-state index in [9.17, 15) is 19.5 Å². The lowest BCUT2D eigenvalue weighted by Gasteiger charge is -2.32. The SMILES string of the molecule is Cc1ccc(Oc2ccc(NC(=O)c3cc4c(cc3C([O-])([OH2+])n3ccnc3)C(=O)N(C)C4=O)cc2)cc1. The average Bonchev–Trinajstić information content (AvgIpc) is 3.51. The molecule has 1 atom stereocenters. The van der Waals surface area contributed by atoms with Crippen LogP contribution in [0.15, 0.2) is 79.4 Å². The van der Waals surface area contributed by atoms with E-state index in [1.807, 2.05) is 31.2 Å². The predicted molar refractivity (Wildman–Crippen MR) is 131 cm³/mol. The molecule has 4 aromatic rings. The first-order valence-corrected chi connectivity index (χ1v) is 11.3. The largest absolute Gasteiger partial charge is 0.762 e. The maximum absolute atomic E-state index is 13.4. The van der Waals surface area contributed by atoms with Crippen molar-refractivity contribution in [3.05, 3.63) is 107 Å². The monoisotopic (exact) mass is 498 g/mol. The fourth-order valence-electron chi connectivity index (χ4n) is 4.01. The number of aromatic nitrogens is 2. The molecular formula is C27H22N4O6. The summed E-state index contributed by atoms with van der Waals surface area (Å²) >= 11 is 0. The summed E-state index contributed by atoms with van der Waals surface area (Å²) in [5.41, 5.74) is 0.966. The van der Waals surface area contributed by atoms with Gasteiger partial charge in [-0.2, -0.15) is 0 Å². The number of anilines is 1. The Kier molecular flexibility index (Phi) is 5.82. The van der Waals surface area contributed by atoms with Crippen molar-refractivity contribution in [3.63, 3.8) is 0 Å². The molecule has 3 N–H and O–H groups in total. The predicted octanol–water partition coefficient (Wildman–Crippen LogP) is 2.21. The number of amides is 3. The van der Waals surface area contributed by atoms with Crippen molar-refractivity contribution in [1.82, 2.24) is 14.5 Å². The molecule has 0 aliphatic carbocycles. The average molecular weight is 498 g/mol. The highest BCUT2D eigenvalue weighted by Crippen LogP contribution is 2.31. The number of imide groups is 1. The van der Waals surface area contributed by atoms with Gasteiger partial charge in [-0.15, -0.1) is 0 Å². The number of carbonyl (C=O) groups is 3. The van der Waals surface area contributed by atoms with E-state index in [-0.39, 0.29) is 22.3 Å². The summed E-state index contributed by atoms with van der Waals surface area (Å²) in [6.45, 7) is 1.98. The smallest absolute Gasteiger partial charge is 0.261 e. The Morgan fingerprint density at radius 2 is 1.59 bits per heavy atom. The van der Waals surface area contributed by atoms with Gasteiger partial charge in [0, 0.05) is 25.1 Å². The van der Waals surface area contributed by atoms with Crippen LogP contribution in [0.1, 0.15) is 42.2 Å². The van der Waals surface area contributed by atoms with E-state index in [2.05, 4.69) is 10.3 Å². The Morgan fingerprint density at radius 3 is 2.19 bits per heavy atom. The first-order chi connectivity index (χ1) is 17.6. The Hall–Kier alpha value is -4.80. The minimum Gasteiger partial charge on any atom is -0.762 e. The molecule has 37 heavy (non-hydrogen) atoms. The van der Waals surface area contributed by atoms with Gasteiger partial charge >= 0.3 is 0 Å². The van der Waals surface area contributed by atoms with Crippen LogP contribution >= 0.6 is 0 Å². The van der Waals surface area contributed by atoms with Gasteiger partial charge in [0.15, 0.2) is 0 Å². The zero-order valence-electron chi connectivity index (χ0n) is 19.9. The highest BCUT2D eigenvalue weighted by Gasteiger charge is 2.38. The summed E-state index contributed by atoms with van der Waals surface area (Å²) in [7, 11) is 1.31. The first kappa shape index (κ1) is 23.9. The number of aryl methyl sites for hydroxylation is 1. The van der Waals surface area contributed by atoms with Crippen LogP contribution in [0.5, 0.6) is 11.5 Å². The number of hydrogen-bond acceptors (Lipinski definition) is 6. The lowest BCUT2D eigenvalue weighted by atomic mass is 9.96. The van der Waals surface area contributed by atoms with Crippen molar-refractivity contribution in [2.24, 2.45) is 0 Å². The van der Waals surface area contributed by atoms with Gasteiger partial charge in [0.25, 0.3) is 17.7 Å². The fourth-order valence-corrected chi connectivity index (χ4v) is 4.01. The summed E-state index contributed by atoms with van der Waals surface area (Å²) in [6.07, 6.45) is 3.78. The third-order valence-electron chi connectivity index (χ3n) is 6.07. The van der Waals surface area contributed by atoms with Gasteiger partial charge in [0.05, 0.1) is 22.3 Å². The number of carbonyl (C=O) groups excluding carboxylic acids is 3. The zero-order valence-corrected chi connectivity index (χ0v) is 19.9. The second-order valence-corrected chi connectivity index (χ2v) is 8.62. The third kappa shape index (κ3) is 4.35. The summed E-state index contributed by atoms with van der Waals surface area (Å²) in [5, 5.41) is 24.6. The fraction of sp³-hybridized carbons (Fsp3) is 0.111. The number of ether oxygens (including phenoxy) is 1. The van der Waals surface area contributed by atoms with Crippen molar-refractivity contribution >= 4 is 23.4 Å². The number of rotatable bonds is 6. The first-order valence-electron chi connectivity index (χ1n) is 11.3. The highest BCUT2D eigenvalue weighted by atomic mass is 16.5. The minimum atomic E-state index is -2.73. The molecule has 0 saturated heterocycles. The van der Waals surface area contributed by atoms with Crippen molar-refractivity contribution in [2.45, 2.75) is 12.8 Å². The van der Waals surface area contributed by atoms with Crippen LogP contribution in [0.2, 0.25) is 0 Å². The molecule has 0 radical (unpaired) electrons. The number of fused-ring (bicyclic) bond motifs is 1. The standard InChI is InChI=1S/C27H21N4O6/c1-16-3-7-18(8-4-16)37-19-9-5-17(6-10-19)29-24(32)22-13-20-21(26(34)30(2)25(20)33)14-23(22)27(35,36)31-12-11-28-15-31/h3-15,35H,1-2H3,(H,29,32)/q-1/p+1. The number of nitrogens with zero attached hydrogens (tertiary/aromatic N) is 3. The summed E-state index contributed by atoms with van der Waals surface area (Å²) in [5.74, 6) is -3.43. The van der Waals surface area contributed by atoms with Crippen molar-refractivity contribution < 1.29 is 29.3 Å². The quantitative estimate of drug-likeness (QED) is 0.246. The molecule has 10 nitrogen and oxygen atoms in total. The lowest BCUT2D eigenvalue weighted by Crippen LogP contribution is -2.48. The summed E-state index contributed by atoms with van der Waals surface area (Å²) in [4.78, 5) is 43.1. The topological polar surface area (TPSA) is 139 Å². The Labute approximate surface area is 211 Å². The minimum absolute atomic E-state index is 0.00956. The Morgan fingerprint density at radius 1 is 1.00 bits per heavy atom. The van der Waals surface area contributed by atoms with E-state index in [4.69, 9.17) is 9.84 Å². The van der Waals surface area contributed by atoms with E-state index in [0.717, 1.165) is 27.4 Å². The molecule has 1 aliphatic rings. The molecule has 0 fully saturated rings. The van der Waals surface area contributed by atoms with E-state index in [0.29, 0.717) is 17.2 Å². The molecule has 1 unspecified atom stereocenters. The molecule has 3 amide bonds. The normalized spacial score (nSPS) is 14.3. The number of imidazole rings is 1. The van der Waals surface area contributed by atoms with Gasteiger partial charge in [0.1, 0.15) is 17.8 Å². The molecule has 1 aliphatic heterocycles. The van der Waals surface area contributed by atoms with E-state index >= 15 is 0 Å². The van der Waals surface area contributed by atoms with Crippen LogP contribution in [0.25, 0.3) is 0 Å². The molecule has 3 aromatic carbocycles. The van der Waals surface area contributed by atoms with Crippen molar-refractivity contribution in [3.8, 4) is 11.5 Å². The Balaban J connectivity index is 1.46. The van der Waals surface area contributed by atoms with Crippen molar-refractivity contribution in [1.29, 1.82) is 0 Å². The van der Waals surface area contributed by atoms with Crippen LogP contribution in [0.4, 0.5) is 5.69 Å². The van der Waals surface area contributed by atoms with Gasteiger partial charge in [-0.25, -0.2) is 4.98 Å². The molecule has 0 saturated carbocycles. The molecule has 0 spiro atoms. The summed E-state index contributed by atoms with van der Waals surface area (Å²) < 4.78 is 6.77. The van der Waals surface area contributed by atoms with Gasteiger partial charge in [-0.3, -0.25) is 23.9 Å². The van der Waals surface area contributed by atoms with E-state index in [1.54, 1.807) is 24.3 Å². The number of hydrogen-bond donors (Lipinski definition) is 1. The maximum atomic E-state index is 13.4. The third-order valence-corrected chi connectivity index (χ3v) is 6.07. The zero-order chi connectivity index (χ0) is 26.3. The second kappa shape index (κ2) is 9.01. The van der Waals surface area contributed by atoms with Gasteiger partial charge in [-0.1, -0.05) is 17.7 Å². The molecule has 2 heterocycles. The molecule has 0 bridgehead atoms.